The number of carboxylic acid groups (broad SMARTS) is 1. The van der Waals surface area contributed by atoms with E-state index in [0.29, 0.717) is 10.2 Å². The van der Waals surface area contributed by atoms with E-state index in [1.54, 1.807) is 19.1 Å². The number of rotatable bonds is 4. The van der Waals surface area contributed by atoms with Crippen LogP contribution in [0.15, 0.2) is 33.6 Å². The van der Waals surface area contributed by atoms with Gasteiger partial charge in [-0.3, -0.25) is 4.72 Å². The average molecular weight is 373 g/mol. The number of halogens is 1. The van der Waals surface area contributed by atoms with Crippen molar-refractivity contribution in [2.75, 3.05) is 4.72 Å². The van der Waals surface area contributed by atoms with Gasteiger partial charge in [0.15, 0.2) is 0 Å². The summed E-state index contributed by atoms with van der Waals surface area (Å²) in [6, 6.07) is 6.24. The predicted octanol–water partition coefficient (Wildman–Crippen LogP) is 2.89. The minimum atomic E-state index is -3.88. The highest BCUT2D eigenvalue weighted by Crippen LogP contribution is 2.27. The summed E-state index contributed by atoms with van der Waals surface area (Å²) in [5.74, 6) is -1.23. The van der Waals surface area contributed by atoms with Gasteiger partial charge in [-0.05, 0) is 53.5 Å². The first kappa shape index (κ1) is 15.6. The monoisotopic (exact) mass is 372 g/mol. The Bertz CT molecular complexity index is 812. The van der Waals surface area contributed by atoms with Crippen LogP contribution in [0.1, 0.15) is 21.7 Å². The summed E-state index contributed by atoms with van der Waals surface area (Å²) in [6.45, 7) is 3.48. The molecular formula is C13H13BrN2O4S. The van der Waals surface area contributed by atoms with E-state index in [-0.39, 0.29) is 16.3 Å². The third-order valence-electron chi connectivity index (χ3n) is 2.79. The van der Waals surface area contributed by atoms with Crippen LogP contribution in [0.2, 0.25) is 0 Å². The summed E-state index contributed by atoms with van der Waals surface area (Å²) < 4.78 is 27.5. The van der Waals surface area contributed by atoms with Crippen molar-refractivity contribution in [2.45, 2.75) is 18.7 Å². The maximum absolute atomic E-state index is 12.4. The van der Waals surface area contributed by atoms with E-state index in [1.807, 2.05) is 6.92 Å². The van der Waals surface area contributed by atoms with Crippen molar-refractivity contribution >= 4 is 37.6 Å². The molecule has 0 unspecified atom stereocenters. The Kier molecular flexibility index (Phi) is 4.11. The maximum atomic E-state index is 12.4. The molecule has 2 rings (SSSR count). The fourth-order valence-electron chi connectivity index (χ4n) is 1.86. The molecule has 0 fully saturated rings. The zero-order valence-electron chi connectivity index (χ0n) is 11.3. The fraction of sp³-hybridized carbons (Fsp3) is 0.154. The van der Waals surface area contributed by atoms with Crippen LogP contribution >= 0.6 is 15.9 Å². The molecule has 0 radical (unpaired) electrons. The van der Waals surface area contributed by atoms with Crippen LogP contribution in [0, 0.1) is 13.8 Å². The van der Waals surface area contributed by atoms with Crippen LogP contribution in [-0.2, 0) is 10.0 Å². The Balaban J connectivity index is 2.45. The average Bonchev–Trinajstić information content (AvgIpc) is 2.68. The highest BCUT2D eigenvalue weighted by atomic mass is 79.9. The van der Waals surface area contributed by atoms with Gasteiger partial charge in [0.2, 0.25) is 0 Å². The van der Waals surface area contributed by atoms with Crippen molar-refractivity contribution in [3.05, 3.63) is 45.7 Å². The smallest absolute Gasteiger partial charge is 0.354 e. The minimum absolute atomic E-state index is 0.00692. The first-order valence-corrected chi connectivity index (χ1v) is 8.20. The molecule has 8 heteroatoms. The fourth-order valence-corrected chi connectivity index (χ4v) is 4.12. The van der Waals surface area contributed by atoms with Gasteiger partial charge in [-0.1, -0.05) is 6.07 Å². The third-order valence-corrected chi connectivity index (χ3v) is 5.13. The van der Waals surface area contributed by atoms with Gasteiger partial charge < -0.3 is 10.1 Å². The van der Waals surface area contributed by atoms with Crippen LogP contribution in [0.4, 0.5) is 5.69 Å². The summed E-state index contributed by atoms with van der Waals surface area (Å²) in [5, 5.41) is 9.06. The summed E-state index contributed by atoms with van der Waals surface area (Å²) in [5.41, 5.74) is 1.27. The summed E-state index contributed by atoms with van der Waals surface area (Å²) >= 11 is 3.21. The van der Waals surface area contributed by atoms with Gasteiger partial charge in [0.25, 0.3) is 10.0 Å². The molecule has 3 N–H and O–H groups in total. The lowest BCUT2D eigenvalue weighted by Crippen LogP contribution is -2.15. The summed E-state index contributed by atoms with van der Waals surface area (Å²) in [4.78, 5) is 13.7. The van der Waals surface area contributed by atoms with Crippen LogP contribution < -0.4 is 4.72 Å². The molecule has 0 bridgehead atoms. The van der Waals surface area contributed by atoms with Gasteiger partial charge in [-0.15, -0.1) is 0 Å². The third kappa shape index (κ3) is 3.27. The van der Waals surface area contributed by atoms with Crippen LogP contribution in [0.25, 0.3) is 0 Å². The molecule has 0 aliphatic heterocycles. The van der Waals surface area contributed by atoms with Gasteiger partial charge >= 0.3 is 5.97 Å². The Morgan fingerprint density at radius 2 is 1.95 bits per heavy atom. The molecule has 0 saturated heterocycles. The molecule has 2 aromatic rings. The molecule has 0 aliphatic rings. The number of aromatic amines is 1. The van der Waals surface area contributed by atoms with Crippen LogP contribution in [0.3, 0.4) is 0 Å². The van der Waals surface area contributed by atoms with E-state index in [1.165, 1.54) is 12.1 Å². The van der Waals surface area contributed by atoms with Crippen LogP contribution in [0.5, 0.6) is 0 Å². The van der Waals surface area contributed by atoms with E-state index >= 15 is 0 Å². The molecular weight excluding hydrogens is 360 g/mol. The largest absolute Gasteiger partial charge is 0.477 e. The predicted molar refractivity (Wildman–Crippen MR) is 82.2 cm³/mol. The normalized spacial score (nSPS) is 11.4. The quantitative estimate of drug-likeness (QED) is 0.767. The number of aromatic carboxylic acids is 1. The van der Waals surface area contributed by atoms with E-state index < -0.39 is 16.0 Å². The van der Waals surface area contributed by atoms with Gasteiger partial charge in [0.1, 0.15) is 10.6 Å². The number of sulfonamides is 1. The molecule has 0 atom stereocenters. The van der Waals surface area contributed by atoms with Gasteiger partial charge in [0, 0.05) is 10.2 Å². The number of aromatic nitrogens is 1. The van der Waals surface area contributed by atoms with Crippen molar-refractivity contribution in [1.82, 2.24) is 4.98 Å². The number of benzene rings is 1. The van der Waals surface area contributed by atoms with E-state index in [4.69, 9.17) is 5.11 Å². The maximum Gasteiger partial charge on any atom is 0.354 e. The second kappa shape index (κ2) is 5.53. The molecule has 1 aromatic carbocycles. The number of H-pyrrole nitrogens is 1. The lowest BCUT2D eigenvalue weighted by molar-refractivity contribution is 0.0692. The molecule has 6 nitrogen and oxygen atoms in total. The van der Waals surface area contributed by atoms with E-state index in [9.17, 15) is 13.2 Å². The Labute approximate surface area is 130 Å². The number of anilines is 1. The van der Waals surface area contributed by atoms with E-state index in [0.717, 1.165) is 5.56 Å². The lowest BCUT2D eigenvalue weighted by Gasteiger charge is -2.09. The number of carbonyl (C=O) groups is 1. The second-order valence-electron chi connectivity index (χ2n) is 4.59. The Hall–Kier alpha value is -1.80. The van der Waals surface area contributed by atoms with Crippen molar-refractivity contribution in [2.24, 2.45) is 0 Å². The number of carboxylic acids is 1. The van der Waals surface area contributed by atoms with Crippen molar-refractivity contribution in [1.29, 1.82) is 0 Å². The second-order valence-corrected chi connectivity index (χ2v) is 7.09. The van der Waals surface area contributed by atoms with Gasteiger partial charge in [-0.2, -0.15) is 0 Å². The van der Waals surface area contributed by atoms with Gasteiger partial charge in [-0.25, -0.2) is 13.2 Å². The van der Waals surface area contributed by atoms with Crippen LogP contribution in [-0.4, -0.2) is 24.5 Å². The van der Waals surface area contributed by atoms with E-state index in [2.05, 4.69) is 25.6 Å². The standard InChI is InChI=1S/C13H13BrN2O4S/c1-7-3-4-11(9(14)5-7)21(19,20)16-10-6-8(2)15-12(10)13(17)18/h3-6,15-16H,1-2H3,(H,17,18). The molecule has 0 aliphatic carbocycles. The zero-order valence-corrected chi connectivity index (χ0v) is 13.7. The lowest BCUT2D eigenvalue weighted by atomic mass is 10.2. The number of nitrogens with one attached hydrogen (secondary N) is 2. The molecule has 0 amide bonds. The molecule has 0 saturated carbocycles. The first-order valence-electron chi connectivity index (χ1n) is 5.92. The summed E-state index contributed by atoms with van der Waals surface area (Å²) in [7, 11) is -3.88. The molecule has 112 valence electrons. The highest BCUT2D eigenvalue weighted by molar-refractivity contribution is 9.10. The van der Waals surface area contributed by atoms with Crippen molar-refractivity contribution in [3.63, 3.8) is 0 Å². The SMILES string of the molecule is Cc1ccc(S(=O)(=O)Nc2cc(C)[nH]c2C(=O)O)c(Br)c1. The Morgan fingerprint density at radius 1 is 1.29 bits per heavy atom. The van der Waals surface area contributed by atoms with Crippen molar-refractivity contribution < 1.29 is 18.3 Å². The molecule has 1 heterocycles. The molecule has 1 aromatic heterocycles. The number of hydrogen-bond acceptors (Lipinski definition) is 3. The number of aryl methyl sites for hydroxylation is 2. The van der Waals surface area contributed by atoms with Crippen molar-refractivity contribution in [3.8, 4) is 0 Å². The van der Waals surface area contributed by atoms with Gasteiger partial charge in [0.05, 0.1) is 5.69 Å². The first-order chi connectivity index (χ1) is 9.70. The summed E-state index contributed by atoms with van der Waals surface area (Å²) in [6.07, 6.45) is 0. The Morgan fingerprint density at radius 3 is 2.52 bits per heavy atom. The topological polar surface area (TPSA) is 99.3 Å². The minimum Gasteiger partial charge on any atom is -0.477 e. The molecule has 21 heavy (non-hydrogen) atoms. The number of hydrogen-bond donors (Lipinski definition) is 3. The highest BCUT2D eigenvalue weighted by Gasteiger charge is 2.22. The zero-order chi connectivity index (χ0) is 15.8. The molecule has 0 spiro atoms.